The molecule has 2 aromatic carbocycles. The van der Waals surface area contributed by atoms with E-state index in [0.29, 0.717) is 11.7 Å². The van der Waals surface area contributed by atoms with Gasteiger partial charge in [-0.25, -0.2) is 15.4 Å². The Morgan fingerprint density at radius 3 is 2.56 bits per heavy atom. The van der Waals surface area contributed by atoms with Crippen LogP contribution in [0.2, 0.25) is 0 Å². The van der Waals surface area contributed by atoms with Crippen molar-refractivity contribution in [3.63, 3.8) is 0 Å². The lowest BCUT2D eigenvalue weighted by Gasteiger charge is -2.05. The number of nitro benzene ring substituents is 1. The minimum Gasteiger partial charge on any atom is -0.342 e. The van der Waals surface area contributed by atoms with E-state index >= 15 is 0 Å². The average molecular weight is 475 g/mol. The Labute approximate surface area is 200 Å². The monoisotopic (exact) mass is 474 g/mol. The van der Waals surface area contributed by atoms with E-state index in [1.165, 1.54) is 23.9 Å². The molecule has 0 aliphatic heterocycles. The number of carbonyl (C=O) groups is 1. The maximum absolute atomic E-state index is 12.2. The number of benzene rings is 2. The second kappa shape index (κ2) is 10.3. The number of rotatable bonds is 8. The molecule has 0 aliphatic carbocycles. The first-order chi connectivity index (χ1) is 16.4. The predicted octanol–water partition coefficient (Wildman–Crippen LogP) is 4.25. The Morgan fingerprint density at radius 2 is 1.85 bits per heavy atom. The number of nitrogens with zero attached hydrogens (tertiary/aromatic N) is 5. The Hall–Kier alpha value is -4.05. The number of nitro groups is 1. The molecule has 4 aromatic rings. The normalized spacial score (nSPS) is 11.2. The van der Waals surface area contributed by atoms with Gasteiger partial charge in [0, 0.05) is 52.7 Å². The first kappa shape index (κ1) is 23.1. The van der Waals surface area contributed by atoms with Crippen LogP contribution in [0.15, 0.2) is 71.1 Å². The molecule has 0 unspecified atom stereocenters. The van der Waals surface area contributed by atoms with Crippen molar-refractivity contribution in [1.82, 2.24) is 20.0 Å². The molecule has 0 fully saturated rings. The van der Waals surface area contributed by atoms with Crippen LogP contribution in [0.3, 0.4) is 0 Å². The highest BCUT2D eigenvalue weighted by molar-refractivity contribution is 7.99. The molecule has 0 spiro atoms. The first-order valence-corrected chi connectivity index (χ1v) is 11.5. The first-order valence-electron chi connectivity index (χ1n) is 10.5. The number of hydrogen-bond donors (Lipinski definition) is 1. The van der Waals surface area contributed by atoms with Crippen LogP contribution in [0, 0.1) is 24.0 Å². The summed E-state index contributed by atoms with van der Waals surface area (Å²) in [7, 11) is 0. The van der Waals surface area contributed by atoms with Crippen LogP contribution >= 0.6 is 11.8 Å². The SMILES string of the molecule is Cc1cc(C)nc(SCC(=O)N/N=C\c2cn(Cc3ccc([N+](=O)[O-])cc3)c3ccccc23)n1. The summed E-state index contributed by atoms with van der Waals surface area (Å²) in [5.74, 6) is -0.0964. The minimum absolute atomic E-state index is 0.0620. The van der Waals surface area contributed by atoms with Gasteiger partial charge in [-0.15, -0.1) is 0 Å². The number of aromatic nitrogens is 3. The second-order valence-electron chi connectivity index (χ2n) is 7.67. The van der Waals surface area contributed by atoms with Gasteiger partial charge in [-0.2, -0.15) is 5.10 Å². The van der Waals surface area contributed by atoms with Gasteiger partial charge in [0.25, 0.3) is 11.6 Å². The summed E-state index contributed by atoms with van der Waals surface area (Å²) in [4.78, 5) is 31.3. The molecular formula is C24H22N6O3S. The average Bonchev–Trinajstić information content (AvgIpc) is 3.15. The van der Waals surface area contributed by atoms with Gasteiger partial charge in [0.15, 0.2) is 5.16 Å². The van der Waals surface area contributed by atoms with E-state index in [1.807, 2.05) is 54.9 Å². The standard InChI is InChI=1S/C24H22N6O3S/c1-16-11-17(2)27-24(26-16)34-15-23(31)28-25-12-19-14-29(22-6-4-3-5-21(19)22)13-18-7-9-20(10-8-18)30(32)33/h3-12,14H,13,15H2,1-2H3,(H,28,31)/b25-12-. The van der Waals surface area contributed by atoms with Crippen molar-refractivity contribution in [2.24, 2.45) is 5.10 Å². The topological polar surface area (TPSA) is 115 Å². The molecule has 0 saturated heterocycles. The summed E-state index contributed by atoms with van der Waals surface area (Å²) >= 11 is 1.26. The number of hydrazone groups is 1. The number of nitrogens with one attached hydrogen (secondary N) is 1. The zero-order valence-electron chi connectivity index (χ0n) is 18.6. The van der Waals surface area contributed by atoms with Gasteiger partial charge < -0.3 is 4.57 Å². The van der Waals surface area contributed by atoms with Gasteiger partial charge in [0.2, 0.25) is 0 Å². The lowest BCUT2D eigenvalue weighted by molar-refractivity contribution is -0.384. The Kier molecular flexibility index (Phi) is 6.98. The largest absolute Gasteiger partial charge is 0.342 e. The molecular weight excluding hydrogens is 452 g/mol. The molecule has 0 atom stereocenters. The van der Waals surface area contributed by atoms with Crippen LogP contribution in [0.5, 0.6) is 0 Å². The lowest BCUT2D eigenvalue weighted by Crippen LogP contribution is -2.19. The zero-order chi connectivity index (χ0) is 24.1. The van der Waals surface area contributed by atoms with Crippen molar-refractivity contribution in [3.8, 4) is 0 Å². The van der Waals surface area contributed by atoms with Crippen LogP contribution in [-0.2, 0) is 11.3 Å². The summed E-state index contributed by atoms with van der Waals surface area (Å²) in [6.07, 6.45) is 3.56. The number of hydrogen-bond acceptors (Lipinski definition) is 7. The lowest BCUT2D eigenvalue weighted by atomic mass is 10.2. The predicted molar refractivity (Wildman–Crippen MR) is 132 cm³/mol. The number of amides is 1. The van der Waals surface area contributed by atoms with Crippen molar-refractivity contribution in [2.45, 2.75) is 25.5 Å². The molecule has 0 saturated carbocycles. The van der Waals surface area contributed by atoms with E-state index in [9.17, 15) is 14.9 Å². The maximum atomic E-state index is 12.2. The van der Waals surface area contributed by atoms with E-state index in [2.05, 4.69) is 20.5 Å². The fourth-order valence-corrected chi connectivity index (χ4v) is 4.26. The van der Waals surface area contributed by atoms with Gasteiger partial charge >= 0.3 is 0 Å². The quantitative estimate of drug-likeness (QED) is 0.134. The third-order valence-electron chi connectivity index (χ3n) is 5.01. The smallest absolute Gasteiger partial charge is 0.269 e. The summed E-state index contributed by atoms with van der Waals surface area (Å²) in [5.41, 5.74) is 7.12. The van der Waals surface area contributed by atoms with E-state index in [1.54, 1.807) is 18.3 Å². The molecule has 4 rings (SSSR count). The van der Waals surface area contributed by atoms with E-state index in [0.717, 1.165) is 33.4 Å². The number of fused-ring (bicyclic) bond motifs is 1. The number of para-hydroxylation sites is 1. The van der Waals surface area contributed by atoms with Gasteiger partial charge in [-0.05, 0) is 31.5 Å². The molecule has 34 heavy (non-hydrogen) atoms. The van der Waals surface area contributed by atoms with Crippen LogP contribution in [0.25, 0.3) is 10.9 Å². The molecule has 0 aliphatic rings. The maximum Gasteiger partial charge on any atom is 0.269 e. The molecule has 2 aromatic heterocycles. The summed E-state index contributed by atoms with van der Waals surface area (Å²) in [6.45, 7) is 4.33. The van der Waals surface area contributed by atoms with Crippen molar-refractivity contribution >= 4 is 40.5 Å². The zero-order valence-corrected chi connectivity index (χ0v) is 19.5. The fraction of sp³-hybridized carbons (Fsp3) is 0.167. The van der Waals surface area contributed by atoms with E-state index < -0.39 is 4.92 Å². The van der Waals surface area contributed by atoms with Crippen LogP contribution in [-0.4, -0.2) is 37.3 Å². The minimum atomic E-state index is -0.412. The van der Waals surface area contributed by atoms with Gasteiger partial charge in [-0.1, -0.05) is 42.1 Å². The number of aryl methyl sites for hydroxylation is 2. The van der Waals surface area contributed by atoms with Crippen molar-refractivity contribution in [1.29, 1.82) is 0 Å². The van der Waals surface area contributed by atoms with E-state index in [-0.39, 0.29) is 17.3 Å². The molecule has 1 amide bonds. The number of thioether (sulfide) groups is 1. The molecule has 0 bridgehead atoms. The molecule has 10 heteroatoms. The van der Waals surface area contributed by atoms with Crippen LogP contribution in [0.4, 0.5) is 5.69 Å². The van der Waals surface area contributed by atoms with Gasteiger partial charge in [0.1, 0.15) is 0 Å². The van der Waals surface area contributed by atoms with E-state index in [4.69, 9.17) is 0 Å². The van der Waals surface area contributed by atoms with Crippen molar-refractivity contribution in [2.75, 3.05) is 5.75 Å². The second-order valence-corrected chi connectivity index (χ2v) is 8.61. The Balaban J connectivity index is 1.43. The third kappa shape index (κ3) is 5.65. The highest BCUT2D eigenvalue weighted by Gasteiger charge is 2.10. The van der Waals surface area contributed by atoms with Crippen molar-refractivity contribution < 1.29 is 9.72 Å². The molecule has 9 nitrogen and oxygen atoms in total. The van der Waals surface area contributed by atoms with Gasteiger partial charge in [0.05, 0.1) is 16.9 Å². The summed E-state index contributed by atoms with van der Waals surface area (Å²) in [6, 6.07) is 16.2. The molecule has 172 valence electrons. The Morgan fingerprint density at radius 1 is 1.15 bits per heavy atom. The van der Waals surface area contributed by atoms with Gasteiger partial charge in [-0.3, -0.25) is 14.9 Å². The third-order valence-corrected chi connectivity index (χ3v) is 5.85. The summed E-state index contributed by atoms with van der Waals surface area (Å²) in [5, 5.41) is 16.6. The fourth-order valence-electron chi connectivity index (χ4n) is 3.52. The highest BCUT2D eigenvalue weighted by Crippen LogP contribution is 2.22. The highest BCUT2D eigenvalue weighted by atomic mass is 32.2. The van der Waals surface area contributed by atoms with Crippen molar-refractivity contribution in [3.05, 3.63) is 93.4 Å². The number of carbonyl (C=O) groups excluding carboxylic acids is 1. The molecule has 1 N–H and O–H groups in total. The summed E-state index contributed by atoms with van der Waals surface area (Å²) < 4.78 is 2.05. The Bertz CT molecular complexity index is 1360. The number of non-ortho nitro benzene ring substituents is 1. The van der Waals surface area contributed by atoms with Crippen LogP contribution in [0.1, 0.15) is 22.5 Å². The molecule has 0 radical (unpaired) electrons. The van der Waals surface area contributed by atoms with Crippen LogP contribution < -0.4 is 5.43 Å². The molecule has 2 heterocycles.